The number of hydrogen-bond acceptors (Lipinski definition) is 4. The Bertz CT molecular complexity index is 1260. The summed E-state index contributed by atoms with van der Waals surface area (Å²) in [5.74, 6) is 6.74. The van der Waals surface area contributed by atoms with Crippen molar-refractivity contribution in [2.24, 2.45) is 0 Å². The molecule has 1 N–H and O–H groups in total. The minimum absolute atomic E-state index is 0.158. The molecule has 0 atom stereocenters. The Morgan fingerprint density at radius 1 is 1.06 bits per heavy atom. The molecule has 0 radical (unpaired) electrons. The summed E-state index contributed by atoms with van der Waals surface area (Å²) in [7, 11) is 1.71. The molecule has 1 aromatic heterocycles. The molecule has 0 aliphatic carbocycles. The first-order valence-electron chi connectivity index (χ1n) is 10.7. The number of carbonyl (C=O) groups excluding carboxylic acids is 2. The van der Waals surface area contributed by atoms with E-state index in [0.29, 0.717) is 12.4 Å². The van der Waals surface area contributed by atoms with Crippen molar-refractivity contribution in [3.05, 3.63) is 70.8 Å². The number of benzene rings is 2. The Labute approximate surface area is 195 Å². The zero-order valence-electron chi connectivity index (χ0n) is 19.9. The van der Waals surface area contributed by atoms with E-state index in [-0.39, 0.29) is 12.0 Å². The van der Waals surface area contributed by atoms with Gasteiger partial charge in [0, 0.05) is 37.0 Å². The lowest BCUT2D eigenvalue weighted by atomic mass is 10.1. The van der Waals surface area contributed by atoms with E-state index >= 15 is 0 Å². The molecule has 0 saturated heterocycles. The molecule has 2 amide bonds. The number of aromatic nitrogens is 1. The van der Waals surface area contributed by atoms with Gasteiger partial charge in [-0.15, -0.1) is 0 Å². The van der Waals surface area contributed by atoms with Crippen molar-refractivity contribution in [1.82, 2.24) is 9.88 Å². The summed E-state index contributed by atoms with van der Waals surface area (Å²) in [4.78, 5) is 29.7. The van der Waals surface area contributed by atoms with Crippen molar-refractivity contribution >= 4 is 28.7 Å². The van der Waals surface area contributed by atoms with Gasteiger partial charge in [-0.25, -0.2) is 9.78 Å². The molecule has 0 aliphatic heterocycles. The summed E-state index contributed by atoms with van der Waals surface area (Å²) in [5.41, 5.74) is 3.91. The van der Waals surface area contributed by atoms with Crippen molar-refractivity contribution in [2.75, 3.05) is 12.4 Å². The first-order chi connectivity index (χ1) is 15.5. The molecule has 170 valence electrons. The zero-order chi connectivity index (χ0) is 24.2. The third-order valence-corrected chi connectivity index (χ3v) is 4.72. The fourth-order valence-corrected chi connectivity index (χ4v) is 3.29. The SMILES string of the molecule is CC(=O)Nc1cc(C)c2ccc(C#Cc3cccc(CN(C)C(=O)OC(C)(C)C)c3)cc2n1. The quantitative estimate of drug-likeness (QED) is 0.560. The Hall–Kier alpha value is -3.85. The number of nitrogens with one attached hydrogen (secondary N) is 1. The highest BCUT2D eigenvalue weighted by Gasteiger charge is 2.19. The van der Waals surface area contributed by atoms with E-state index < -0.39 is 5.60 Å². The molecule has 0 saturated carbocycles. The van der Waals surface area contributed by atoms with Gasteiger partial charge in [-0.2, -0.15) is 0 Å². The maximum absolute atomic E-state index is 12.2. The highest BCUT2D eigenvalue weighted by Crippen LogP contribution is 2.21. The molecule has 1 heterocycles. The molecule has 2 aromatic carbocycles. The highest BCUT2D eigenvalue weighted by atomic mass is 16.6. The normalized spacial score (nSPS) is 10.8. The molecule has 3 rings (SSSR count). The van der Waals surface area contributed by atoms with Crippen LogP contribution in [0.1, 0.15) is 49.9 Å². The van der Waals surface area contributed by atoms with Crippen LogP contribution in [0.25, 0.3) is 10.9 Å². The van der Waals surface area contributed by atoms with Crippen molar-refractivity contribution in [3.63, 3.8) is 0 Å². The van der Waals surface area contributed by atoms with Gasteiger partial charge in [0.1, 0.15) is 11.4 Å². The number of anilines is 1. The second-order valence-electron chi connectivity index (χ2n) is 9.02. The van der Waals surface area contributed by atoms with E-state index in [1.54, 1.807) is 11.9 Å². The number of carbonyl (C=O) groups is 2. The number of fused-ring (bicyclic) bond motifs is 1. The Morgan fingerprint density at radius 3 is 2.42 bits per heavy atom. The van der Waals surface area contributed by atoms with Gasteiger partial charge in [-0.05, 0) is 69.2 Å². The smallest absolute Gasteiger partial charge is 0.410 e. The highest BCUT2D eigenvalue weighted by molar-refractivity contribution is 5.91. The molecule has 3 aromatic rings. The number of pyridine rings is 1. The van der Waals surface area contributed by atoms with E-state index in [2.05, 4.69) is 22.1 Å². The van der Waals surface area contributed by atoms with Crippen molar-refractivity contribution in [1.29, 1.82) is 0 Å². The molecule has 0 bridgehead atoms. The number of nitrogens with zero attached hydrogens (tertiary/aromatic N) is 2. The summed E-state index contributed by atoms with van der Waals surface area (Å²) >= 11 is 0. The molecule has 6 nitrogen and oxygen atoms in total. The second-order valence-corrected chi connectivity index (χ2v) is 9.02. The lowest BCUT2D eigenvalue weighted by molar-refractivity contribution is -0.114. The average Bonchev–Trinajstić information content (AvgIpc) is 2.70. The third-order valence-electron chi connectivity index (χ3n) is 4.72. The van der Waals surface area contributed by atoms with Crippen LogP contribution in [0.2, 0.25) is 0 Å². The molecule has 0 fully saturated rings. The molecule has 0 spiro atoms. The minimum atomic E-state index is -0.533. The first-order valence-corrected chi connectivity index (χ1v) is 10.7. The van der Waals surface area contributed by atoms with Crippen molar-refractivity contribution in [2.45, 2.75) is 46.8 Å². The largest absolute Gasteiger partial charge is 0.444 e. The van der Waals surface area contributed by atoms with Gasteiger partial charge in [-0.3, -0.25) is 4.79 Å². The Balaban J connectivity index is 1.79. The van der Waals surface area contributed by atoms with E-state index in [1.165, 1.54) is 6.92 Å². The fraction of sp³-hybridized carbons (Fsp3) is 0.296. The number of rotatable bonds is 3. The summed E-state index contributed by atoms with van der Waals surface area (Å²) < 4.78 is 5.41. The van der Waals surface area contributed by atoms with Crippen LogP contribution in [0.3, 0.4) is 0 Å². The van der Waals surface area contributed by atoms with Crippen LogP contribution in [0, 0.1) is 18.8 Å². The summed E-state index contributed by atoms with van der Waals surface area (Å²) in [6.45, 7) is 9.41. The van der Waals surface area contributed by atoms with Gasteiger partial charge in [0.25, 0.3) is 0 Å². The Morgan fingerprint density at radius 2 is 1.76 bits per heavy atom. The van der Waals surface area contributed by atoms with Crippen molar-refractivity contribution in [3.8, 4) is 11.8 Å². The number of hydrogen-bond donors (Lipinski definition) is 1. The molecular weight excluding hydrogens is 414 g/mol. The average molecular weight is 444 g/mol. The Kier molecular flexibility index (Phi) is 7.03. The van der Waals surface area contributed by atoms with Gasteiger partial charge in [-0.1, -0.05) is 30.0 Å². The zero-order valence-corrected chi connectivity index (χ0v) is 19.9. The van der Waals surface area contributed by atoms with Crippen LogP contribution >= 0.6 is 0 Å². The van der Waals surface area contributed by atoms with Gasteiger partial charge < -0.3 is 15.0 Å². The maximum atomic E-state index is 12.2. The number of amides is 2. The predicted octanol–water partition coefficient (Wildman–Crippen LogP) is 5.27. The van der Waals surface area contributed by atoms with E-state index in [0.717, 1.165) is 33.2 Å². The molecule has 6 heteroatoms. The topological polar surface area (TPSA) is 71.5 Å². The van der Waals surface area contributed by atoms with Crippen LogP contribution in [-0.4, -0.2) is 34.5 Å². The van der Waals surface area contributed by atoms with Gasteiger partial charge in [0.2, 0.25) is 5.91 Å². The van der Waals surface area contributed by atoms with Crippen LogP contribution in [-0.2, 0) is 16.1 Å². The number of aryl methyl sites for hydroxylation is 1. The first kappa shape index (κ1) is 23.8. The van der Waals surface area contributed by atoms with Crippen LogP contribution in [0.4, 0.5) is 10.6 Å². The lowest BCUT2D eigenvalue weighted by Crippen LogP contribution is -2.33. The summed E-state index contributed by atoms with van der Waals surface area (Å²) in [6.07, 6.45) is -0.364. The van der Waals surface area contributed by atoms with E-state index in [4.69, 9.17) is 4.74 Å². The number of ether oxygens (including phenoxy) is 1. The minimum Gasteiger partial charge on any atom is -0.444 e. The third kappa shape index (κ3) is 6.81. The van der Waals surface area contributed by atoms with E-state index in [1.807, 2.05) is 76.2 Å². The standard InChI is InChI=1S/C27H29N3O3/c1-18-14-25(28-19(2)31)29-24-16-21(12-13-23(18)24)11-10-20-8-7-9-22(15-20)17-30(6)26(32)33-27(3,4)5/h7-9,12-16H,17H2,1-6H3,(H,28,29,31). The maximum Gasteiger partial charge on any atom is 0.410 e. The summed E-state index contributed by atoms with van der Waals surface area (Å²) in [5, 5.41) is 3.75. The molecule has 33 heavy (non-hydrogen) atoms. The van der Waals surface area contributed by atoms with E-state index in [9.17, 15) is 9.59 Å². The molecule has 0 aliphatic rings. The van der Waals surface area contributed by atoms with Crippen molar-refractivity contribution < 1.29 is 14.3 Å². The lowest BCUT2D eigenvalue weighted by Gasteiger charge is -2.24. The second kappa shape index (κ2) is 9.74. The summed E-state index contributed by atoms with van der Waals surface area (Å²) in [6, 6.07) is 15.5. The van der Waals surface area contributed by atoms with Gasteiger partial charge in [0.05, 0.1) is 5.52 Å². The van der Waals surface area contributed by atoms with Gasteiger partial charge >= 0.3 is 6.09 Å². The molecular formula is C27H29N3O3. The van der Waals surface area contributed by atoms with Crippen LogP contribution in [0.5, 0.6) is 0 Å². The monoisotopic (exact) mass is 443 g/mol. The molecule has 0 unspecified atom stereocenters. The van der Waals surface area contributed by atoms with Crippen LogP contribution < -0.4 is 5.32 Å². The predicted molar refractivity (Wildman–Crippen MR) is 131 cm³/mol. The van der Waals surface area contributed by atoms with Crippen LogP contribution in [0.15, 0.2) is 48.5 Å². The fourth-order valence-electron chi connectivity index (χ4n) is 3.29. The van der Waals surface area contributed by atoms with Gasteiger partial charge in [0.15, 0.2) is 0 Å².